The van der Waals surface area contributed by atoms with E-state index in [9.17, 15) is 14.7 Å². The van der Waals surface area contributed by atoms with Crippen LogP contribution in [-0.4, -0.2) is 48.1 Å². The number of hydrogen-bond donors (Lipinski definition) is 1. The van der Waals surface area contributed by atoms with Crippen molar-refractivity contribution in [3.05, 3.63) is 83.4 Å². The number of carbonyl (C=O) groups is 2. The largest absolute Gasteiger partial charge is 0.507 e. The molecule has 4 rings (SSSR count). The molecule has 1 saturated heterocycles. The molecule has 1 atom stereocenters. The number of ether oxygens (including phenoxy) is 2. The molecular weight excluding hydrogens is 418 g/mol. The zero-order valence-corrected chi connectivity index (χ0v) is 18.9. The zero-order chi connectivity index (χ0) is 23.5. The molecule has 3 aromatic carbocycles. The number of carbonyl (C=O) groups excluding carboxylic acids is 2. The predicted molar refractivity (Wildman–Crippen MR) is 127 cm³/mol. The number of benzene rings is 3. The molecule has 0 radical (unpaired) electrons. The Kier molecular flexibility index (Phi) is 6.47. The van der Waals surface area contributed by atoms with Gasteiger partial charge in [0, 0.05) is 17.7 Å². The fourth-order valence-electron chi connectivity index (χ4n) is 4.21. The van der Waals surface area contributed by atoms with Gasteiger partial charge in [-0.2, -0.15) is 0 Å². The minimum absolute atomic E-state index is 0.0101. The first-order valence-electron chi connectivity index (χ1n) is 10.9. The topological polar surface area (TPSA) is 76.1 Å². The number of fused-ring (bicyclic) bond motifs is 1. The first kappa shape index (κ1) is 22.6. The average Bonchev–Trinajstić information content (AvgIpc) is 3.08. The molecule has 0 saturated carbocycles. The molecule has 1 fully saturated rings. The maximum atomic E-state index is 13.2. The highest BCUT2D eigenvalue weighted by Crippen LogP contribution is 2.42. The zero-order valence-electron chi connectivity index (χ0n) is 18.9. The molecule has 33 heavy (non-hydrogen) atoms. The van der Waals surface area contributed by atoms with E-state index in [4.69, 9.17) is 9.47 Å². The summed E-state index contributed by atoms with van der Waals surface area (Å²) in [6.07, 6.45) is -0.0101. The standard InChI is InChI=1S/C27H27NO5/c1-17(2)33-15-14-28-24(21-10-6-7-11-22(21)32-3)23(26(30)27(28)31)25(29)20-13-12-18-8-4-5-9-19(18)16-20/h4-13,16-17,24,29H,14-15H2,1-3H3/b25-23+. The van der Waals surface area contributed by atoms with Crippen molar-refractivity contribution in [2.75, 3.05) is 20.3 Å². The Bertz CT molecular complexity index is 1230. The minimum atomic E-state index is -0.789. The van der Waals surface area contributed by atoms with Gasteiger partial charge in [-0.3, -0.25) is 9.59 Å². The van der Waals surface area contributed by atoms with Gasteiger partial charge in [0.25, 0.3) is 11.7 Å². The van der Waals surface area contributed by atoms with Gasteiger partial charge in [0.2, 0.25) is 0 Å². The number of amides is 1. The van der Waals surface area contributed by atoms with E-state index in [2.05, 4.69) is 0 Å². The molecule has 1 unspecified atom stereocenters. The predicted octanol–water partition coefficient (Wildman–Crippen LogP) is 4.70. The molecule has 0 spiro atoms. The van der Waals surface area contributed by atoms with E-state index in [1.54, 1.807) is 18.2 Å². The second kappa shape index (κ2) is 9.46. The lowest BCUT2D eigenvalue weighted by Gasteiger charge is -2.26. The molecule has 0 bridgehead atoms. The summed E-state index contributed by atoms with van der Waals surface area (Å²) in [4.78, 5) is 27.7. The van der Waals surface area contributed by atoms with Crippen LogP contribution in [0.1, 0.15) is 31.0 Å². The molecule has 1 heterocycles. The van der Waals surface area contributed by atoms with Gasteiger partial charge in [-0.1, -0.05) is 54.6 Å². The van der Waals surface area contributed by atoms with Crippen LogP contribution in [0.15, 0.2) is 72.3 Å². The Morgan fingerprint density at radius 2 is 1.70 bits per heavy atom. The van der Waals surface area contributed by atoms with Gasteiger partial charge in [0.15, 0.2) is 0 Å². The second-order valence-electron chi connectivity index (χ2n) is 8.22. The Morgan fingerprint density at radius 3 is 2.42 bits per heavy atom. The number of ketones is 1. The number of nitrogens with zero attached hydrogens (tertiary/aromatic N) is 1. The van der Waals surface area contributed by atoms with Crippen LogP contribution in [-0.2, 0) is 14.3 Å². The highest BCUT2D eigenvalue weighted by molar-refractivity contribution is 6.46. The van der Waals surface area contributed by atoms with Gasteiger partial charge in [-0.15, -0.1) is 0 Å². The summed E-state index contributed by atoms with van der Waals surface area (Å²) in [7, 11) is 1.54. The molecule has 1 aliphatic heterocycles. The molecule has 0 aliphatic carbocycles. The summed E-state index contributed by atoms with van der Waals surface area (Å²) >= 11 is 0. The normalized spacial score (nSPS) is 17.8. The molecule has 6 nitrogen and oxygen atoms in total. The third-order valence-electron chi connectivity index (χ3n) is 5.78. The first-order chi connectivity index (χ1) is 15.9. The van der Waals surface area contributed by atoms with Crippen molar-refractivity contribution >= 4 is 28.2 Å². The summed E-state index contributed by atoms with van der Waals surface area (Å²) < 4.78 is 11.2. The van der Waals surface area contributed by atoms with Gasteiger partial charge in [-0.25, -0.2) is 0 Å². The van der Waals surface area contributed by atoms with E-state index in [1.165, 1.54) is 12.0 Å². The SMILES string of the molecule is COc1ccccc1C1/C(=C(\O)c2ccc3ccccc3c2)C(=O)C(=O)N1CCOC(C)C. The number of aliphatic hydroxyl groups excluding tert-OH is 1. The van der Waals surface area contributed by atoms with Gasteiger partial charge < -0.3 is 19.5 Å². The summed E-state index contributed by atoms with van der Waals surface area (Å²) in [5.74, 6) is -1.06. The summed E-state index contributed by atoms with van der Waals surface area (Å²) in [5, 5.41) is 13.2. The maximum Gasteiger partial charge on any atom is 0.295 e. The van der Waals surface area contributed by atoms with Crippen LogP contribution in [0.4, 0.5) is 0 Å². The molecule has 3 aromatic rings. The quantitative estimate of drug-likeness (QED) is 0.324. The summed E-state index contributed by atoms with van der Waals surface area (Å²) in [6.45, 7) is 4.30. The van der Waals surface area contributed by atoms with Crippen LogP contribution in [0.2, 0.25) is 0 Å². The fourth-order valence-corrected chi connectivity index (χ4v) is 4.21. The van der Waals surface area contributed by atoms with E-state index < -0.39 is 17.7 Å². The monoisotopic (exact) mass is 445 g/mol. The van der Waals surface area contributed by atoms with Crippen molar-refractivity contribution in [3.63, 3.8) is 0 Å². The molecule has 1 aliphatic rings. The van der Waals surface area contributed by atoms with Crippen molar-refractivity contribution in [1.29, 1.82) is 0 Å². The Hall–Kier alpha value is -3.64. The summed E-state index contributed by atoms with van der Waals surface area (Å²) in [5.41, 5.74) is 1.15. The third kappa shape index (κ3) is 4.34. The van der Waals surface area contributed by atoms with Crippen LogP contribution < -0.4 is 4.74 Å². The van der Waals surface area contributed by atoms with Gasteiger partial charge in [0.1, 0.15) is 11.5 Å². The molecule has 1 N–H and O–H groups in total. The number of aliphatic hydroxyl groups is 1. The van der Waals surface area contributed by atoms with Crippen molar-refractivity contribution in [1.82, 2.24) is 4.90 Å². The number of likely N-dealkylation sites (tertiary alicyclic amines) is 1. The summed E-state index contributed by atoms with van der Waals surface area (Å²) in [6, 6.07) is 19.6. The number of para-hydroxylation sites is 1. The number of hydrogen-bond acceptors (Lipinski definition) is 5. The Morgan fingerprint density at radius 1 is 1.00 bits per heavy atom. The lowest BCUT2D eigenvalue weighted by Crippen LogP contribution is -2.33. The van der Waals surface area contributed by atoms with E-state index >= 15 is 0 Å². The van der Waals surface area contributed by atoms with Crippen LogP contribution >= 0.6 is 0 Å². The highest BCUT2D eigenvalue weighted by atomic mass is 16.5. The minimum Gasteiger partial charge on any atom is -0.507 e. The van der Waals surface area contributed by atoms with E-state index in [-0.39, 0.29) is 30.6 Å². The smallest absolute Gasteiger partial charge is 0.295 e. The van der Waals surface area contributed by atoms with Crippen LogP contribution in [0, 0.1) is 0 Å². The van der Waals surface area contributed by atoms with Gasteiger partial charge >= 0.3 is 0 Å². The molecule has 0 aromatic heterocycles. The Balaban J connectivity index is 1.85. The highest BCUT2D eigenvalue weighted by Gasteiger charge is 2.46. The van der Waals surface area contributed by atoms with Gasteiger partial charge in [-0.05, 0) is 36.8 Å². The van der Waals surface area contributed by atoms with E-state index in [0.717, 1.165) is 10.8 Å². The van der Waals surface area contributed by atoms with E-state index in [0.29, 0.717) is 16.9 Å². The maximum absolute atomic E-state index is 13.2. The first-order valence-corrected chi connectivity index (χ1v) is 10.9. The van der Waals surface area contributed by atoms with E-state index in [1.807, 2.05) is 62.4 Å². The van der Waals surface area contributed by atoms with Crippen molar-refractivity contribution in [3.8, 4) is 5.75 Å². The average molecular weight is 446 g/mol. The van der Waals surface area contributed by atoms with Crippen LogP contribution in [0.3, 0.4) is 0 Å². The van der Waals surface area contributed by atoms with Crippen molar-refractivity contribution in [2.24, 2.45) is 0 Å². The lowest BCUT2D eigenvalue weighted by molar-refractivity contribution is -0.140. The Labute approximate surface area is 193 Å². The molecular formula is C27H27NO5. The third-order valence-corrected chi connectivity index (χ3v) is 5.78. The van der Waals surface area contributed by atoms with Crippen molar-refractivity contribution in [2.45, 2.75) is 26.0 Å². The lowest BCUT2D eigenvalue weighted by atomic mass is 9.94. The number of rotatable bonds is 7. The molecule has 170 valence electrons. The molecule has 6 heteroatoms. The number of Topliss-reactive ketones (excluding diaryl/α,β-unsaturated/α-hetero) is 1. The van der Waals surface area contributed by atoms with Gasteiger partial charge in [0.05, 0.1) is 31.4 Å². The fraction of sp³-hybridized carbons (Fsp3) is 0.259. The van der Waals surface area contributed by atoms with Crippen molar-refractivity contribution < 1.29 is 24.2 Å². The number of methoxy groups -OCH3 is 1. The second-order valence-corrected chi connectivity index (χ2v) is 8.22. The van der Waals surface area contributed by atoms with Crippen LogP contribution in [0.5, 0.6) is 5.75 Å². The molecule has 1 amide bonds. The van der Waals surface area contributed by atoms with Crippen LogP contribution in [0.25, 0.3) is 16.5 Å².